The van der Waals surface area contributed by atoms with Crippen LogP contribution in [0, 0.1) is 51.2 Å². The van der Waals surface area contributed by atoms with Crippen molar-refractivity contribution in [1.82, 2.24) is 0 Å². The summed E-state index contributed by atoms with van der Waals surface area (Å²) in [5, 5.41) is 0. The molecule has 0 aromatic carbocycles. The van der Waals surface area contributed by atoms with Gasteiger partial charge >= 0.3 is 0 Å². The molecule has 2 aliphatic carbocycles. The van der Waals surface area contributed by atoms with Gasteiger partial charge in [0.15, 0.2) is 0 Å². The molecule has 0 nitrogen and oxygen atoms in total. The van der Waals surface area contributed by atoms with Crippen LogP contribution in [0.2, 0.25) is 0 Å². The summed E-state index contributed by atoms with van der Waals surface area (Å²) in [5.41, 5.74) is 4.76. The second-order valence-corrected chi connectivity index (χ2v) is 11.9. The van der Waals surface area contributed by atoms with Gasteiger partial charge < -0.3 is 0 Å². The lowest BCUT2D eigenvalue weighted by Crippen LogP contribution is -2.58. The van der Waals surface area contributed by atoms with E-state index >= 15 is 0 Å². The SMILES string of the molecule is CC1=C2C(C)C(C)C(C)(C(C)(C)C)C(C)C(C)C(C)(CC1C)C2(C)C. The lowest BCUT2D eigenvalue weighted by Gasteiger charge is -2.65. The lowest BCUT2D eigenvalue weighted by molar-refractivity contribution is -0.125. The third-order valence-electron chi connectivity index (χ3n) is 10.5. The second-order valence-electron chi connectivity index (χ2n) is 11.9. The Morgan fingerprint density at radius 3 is 1.72 bits per heavy atom. The Bertz CT molecular complexity index is 557. The first-order valence-electron chi connectivity index (χ1n) is 10.8. The molecular weight excluding hydrogens is 300 g/mol. The van der Waals surface area contributed by atoms with Crippen LogP contribution in [0.25, 0.3) is 0 Å². The van der Waals surface area contributed by atoms with Crippen LogP contribution in [-0.4, -0.2) is 0 Å². The molecule has 0 N–H and O–H groups in total. The van der Waals surface area contributed by atoms with Crippen LogP contribution in [0.4, 0.5) is 0 Å². The molecule has 2 aliphatic rings. The summed E-state index contributed by atoms with van der Waals surface area (Å²) in [4.78, 5) is 0. The first-order chi connectivity index (χ1) is 11.0. The van der Waals surface area contributed by atoms with Crippen LogP contribution in [0.3, 0.4) is 0 Å². The number of hydrogen-bond donors (Lipinski definition) is 0. The highest BCUT2D eigenvalue weighted by atomic mass is 14.6. The summed E-state index contributed by atoms with van der Waals surface area (Å²) in [7, 11) is 0. The van der Waals surface area contributed by atoms with Crippen LogP contribution in [0.5, 0.6) is 0 Å². The van der Waals surface area contributed by atoms with Crippen LogP contribution in [0.1, 0.15) is 96.4 Å². The minimum absolute atomic E-state index is 0.282. The average Bonchev–Trinajstić information content (AvgIpc) is 2.47. The fourth-order valence-electron chi connectivity index (χ4n) is 7.41. The van der Waals surface area contributed by atoms with Gasteiger partial charge in [-0.2, -0.15) is 0 Å². The fourth-order valence-corrected chi connectivity index (χ4v) is 7.41. The zero-order valence-electron chi connectivity index (χ0n) is 19.6. The predicted molar refractivity (Wildman–Crippen MR) is 113 cm³/mol. The Hall–Kier alpha value is -0.260. The van der Waals surface area contributed by atoms with E-state index in [-0.39, 0.29) is 5.41 Å². The van der Waals surface area contributed by atoms with Crippen LogP contribution < -0.4 is 0 Å². The van der Waals surface area contributed by atoms with Crippen molar-refractivity contribution in [2.45, 2.75) is 96.4 Å². The summed E-state index contributed by atoms with van der Waals surface area (Å²) in [6, 6.07) is 0. The van der Waals surface area contributed by atoms with E-state index in [1.165, 1.54) is 6.42 Å². The molecule has 0 spiro atoms. The van der Waals surface area contributed by atoms with E-state index < -0.39 is 0 Å². The quantitative estimate of drug-likeness (QED) is 0.390. The van der Waals surface area contributed by atoms with Crippen molar-refractivity contribution < 1.29 is 0 Å². The van der Waals surface area contributed by atoms with E-state index in [4.69, 9.17) is 0 Å². The zero-order chi connectivity index (χ0) is 19.7. The molecule has 0 aliphatic heterocycles. The molecule has 0 amide bonds. The fraction of sp³-hybridized carbons (Fsp3) is 0.920. The summed E-state index contributed by atoms with van der Waals surface area (Å²) in [5.74, 6) is 3.48. The molecule has 0 radical (unpaired) electrons. The molecule has 2 bridgehead atoms. The van der Waals surface area contributed by atoms with Crippen LogP contribution in [0.15, 0.2) is 11.1 Å². The van der Waals surface area contributed by atoms with Crippen LogP contribution in [-0.2, 0) is 0 Å². The lowest BCUT2D eigenvalue weighted by atomic mass is 9.39. The monoisotopic (exact) mass is 346 g/mol. The third kappa shape index (κ3) is 2.52. The van der Waals surface area contributed by atoms with E-state index in [1.54, 1.807) is 11.1 Å². The highest BCUT2D eigenvalue weighted by Crippen LogP contribution is 2.68. The number of rotatable bonds is 0. The van der Waals surface area contributed by atoms with Gasteiger partial charge in [-0.15, -0.1) is 0 Å². The molecule has 7 atom stereocenters. The maximum Gasteiger partial charge on any atom is -0.00826 e. The maximum absolute atomic E-state index is 2.61. The van der Waals surface area contributed by atoms with Crippen LogP contribution >= 0.6 is 0 Å². The second kappa shape index (κ2) is 5.87. The molecule has 0 aromatic heterocycles. The van der Waals surface area contributed by atoms with E-state index in [0.717, 1.165) is 5.92 Å². The third-order valence-corrected chi connectivity index (χ3v) is 10.5. The summed E-state index contributed by atoms with van der Waals surface area (Å²) >= 11 is 0. The molecule has 25 heavy (non-hydrogen) atoms. The molecule has 7 unspecified atom stereocenters. The Labute approximate surface area is 159 Å². The molecule has 0 heteroatoms. The topological polar surface area (TPSA) is 0 Å². The average molecular weight is 347 g/mol. The van der Waals surface area contributed by atoms with Crippen molar-refractivity contribution in [1.29, 1.82) is 0 Å². The smallest absolute Gasteiger partial charge is 0.00826 e. The molecule has 146 valence electrons. The molecule has 1 fully saturated rings. The molecule has 2 rings (SSSR count). The number of fused-ring (bicyclic) bond motifs is 2. The summed E-state index contributed by atoms with van der Waals surface area (Å²) < 4.78 is 0. The van der Waals surface area contributed by atoms with Gasteiger partial charge in [0.25, 0.3) is 0 Å². The summed E-state index contributed by atoms with van der Waals surface area (Å²) in [6.07, 6.45) is 1.34. The Balaban J connectivity index is 2.84. The van der Waals surface area contributed by atoms with Gasteiger partial charge in [0, 0.05) is 0 Å². The zero-order valence-corrected chi connectivity index (χ0v) is 19.6. The largest absolute Gasteiger partial charge is 0.0704 e. The first kappa shape index (κ1) is 21.0. The molecule has 0 saturated heterocycles. The van der Waals surface area contributed by atoms with Gasteiger partial charge in [0.1, 0.15) is 0 Å². The summed E-state index contributed by atoms with van der Waals surface area (Å²) in [6.45, 7) is 32.9. The predicted octanol–water partition coefficient (Wildman–Crippen LogP) is 7.99. The van der Waals surface area contributed by atoms with Gasteiger partial charge in [-0.3, -0.25) is 0 Å². The molecule has 1 saturated carbocycles. The van der Waals surface area contributed by atoms with E-state index in [9.17, 15) is 0 Å². The van der Waals surface area contributed by atoms with E-state index in [2.05, 4.69) is 90.0 Å². The molecule has 0 aromatic rings. The number of hydrogen-bond acceptors (Lipinski definition) is 0. The van der Waals surface area contributed by atoms with Crippen molar-refractivity contribution in [2.24, 2.45) is 51.2 Å². The highest BCUT2D eigenvalue weighted by molar-refractivity contribution is 5.33. The Morgan fingerprint density at radius 1 is 0.800 bits per heavy atom. The van der Waals surface area contributed by atoms with Gasteiger partial charge in [0.05, 0.1) is 0 Å². The first-order valence-corrected chi connectivity index (χ1v) is 10.8. The Kier molecular flexibility index (Phi) is 4.94. The van der Waals surface area contributed by atoms with Gasteiger partial charge in [0.2, 0.25) is 0 Å². The van der Waals surface area contributed by atoms with E-state index in [0.29, 0.717) is 39.9 Å². The minimum atomic E-state index is 0.282. The highest BCUT2D eigenvalue weighted by Gasteiger charge is 2.61. The standard InChI is InChI=1S/C25H46/c1-15-14-24(12)19(5)20(6)25(13,22(7,8)9)18(4)17(3)21(16(15)2)23(24,10)11/h15,17-20H,14H2,1-13H3. The number of allylic oxidation sites excluding steroid dienone is 2. The Morgan fingerprint density at radius 2 is 1.28 bits per heavy atom. The van der Waals surface area contributed by atoms with Crippen molar-refractivity contribution in [2.75, 3.05) is 0 Å². The normalized spacial score (nSPS) is 48.1. The van der Waals surface area contributed by atoms with Gasteiger partial charge in [-0.05, 0) is 64.6 Å². The molecule has 0 heterocycles. The maximum atomic E-state index is 2.61. The van der Waals surface area contributed by atoms with Crippen molar-refractivity contribution in [3.8, 4) is 0 Å². The minimum Gasteiger partial charge on any atom is -0.0704 e. The van der Waals surface area contributed by atoms with Crippen molar-refractivity contribution >= 4 is 0 Å². The van der Waals surface area contributed by atoms with Crippen molar-refractivity contribution in [3.05, 3.63) is 11.1 Å². The molecular formula is C25H46. The van der Waals surface area contributed by atoms with Gasteiger partial charge in [-0.25, -0.2) is 0 Å². The van der Waals surface area contributed by atoms with Gasteiger partial charge in [-0.1, -0.05) is 94.2 Å². The van der Waals surface area contributed by atoms with E-state index in [1.807, 2.05) is 0 Å². The van der Waals surface area contributed by atoms with Crippen molar-refractivity contribution in [3.63, 3.8) is 0 Å².